The third-order valence-electron chi connectivity index (χ3n) is 4.02. The molecule has 0 aliphatic heterocycles. The number of carbonyl (C=O) groups excluding carboxylic acids is 1. The van der Waals surface area contributed by atoms with E-state index in [-0.39, 0.29) is 4.90 Å². The minimum atomic E-state index is -3.83. The molecule has 7 nitrogen and oxygen atoms in total. The predicted octanol–water partition coefficient (Wildman–Crippen LogP) is 2.79. The fourth-order valence-electron chi connectivity index (χ4n) is 2.62. The lowest BCUT2D eigenvalue weighted by atomic mass is 10.2. The van der Waals surface area contributed by atoms with Crippen LogP contribution in [0.1, 0.15) is 5.56 Å². The minimum Gasteiger partial charge on any atom is -0.383 e. The van der Waals surface area contributed by atoms with Crippen molar-refractivity contribution in [3.05, 3.63) is 63.9 Å². The Morgan fingerprint density at radius 3 is 2.76 bits per heavy atom. The molecule has 0 saturated carbocycles. The molecule has 1 amide bonds. The van der Waals surface area contributed by atoms with Crippen LogP contribution in [0, 0.1) is 0 Å². The molecule has 0 radical (unpaired) electrons. The van der Waals surface area contributed by atoms with Gasteiger partial charge in [-0.05, 0) is 35.9 Å². The predicted molar refractivity (Wildman–Crippen MR) is 114 cm³/mol. The van der Waals surface area contributed by atoms with Crippen molar-refractivity contribution in [1.29, 1.82) is 0 Å². The van der Waals surface area contributed by atoms with Crippen molar-refractivity contribution in [1.82, 2.24) is 4.57 Å². The molecular weight excluding hydrogens is 434 g/mol. The van der Waals surface area contributed by atoms with Crippen molar-refractivity contribution in [3.8, 4) is 0 Å². The number of rotatable bonds is 6. The Morgan fingerprint density at radius 2 is 2.07 bits per heavy atom. The summed E-state index contributed by atoms with van der Waals surface area (Å²) in [5, 5.41) is 5.74. The largest absolute Gasteiger partial charge is 0.383 e. The number of carbonyl (C=O) groups is 1. The van der Waals surface area contributed by atoms with E-state index in [0.717, 1.165) is 5.52 Å². The van der Waals surface area contributed by atoms with Crippen LogP contribution in [0.15, 0.2) is 58.4 Å². The topological polar surface area (TPSA) is 104 Å². The molecule has 0 aliphatic carbocycles. The summed E-state index contributed by atoms with van der Waals surface area (Å²) in [4.78, 5) is 17.0. The van der Waals surface area contributed by atoms with Gasteiger partial charge in [0.05, 0.1) is 21.7 Å². The van der Waals surface area contributed by atoms with Gasteiger partial charge >= 0.3 is 0 Å². The molecule has 2 N–H and O–H groups in total. The SMILES string of the molecule is COCCn1c(=NC(=O)C=Cc2ccccc2Cl)sc2cc(S(N)(=O)=O)ccc21. The lowest BCUT2D eigenvalue weighted by Crippen LogP contribution is -2.19. The maximum Gasteiger partial charge on any atom is 0.272 e. The number of nitrogens with zero attached hydrogens (tertiary/aromatic N) is 2. The summed E-state index contributed by atoms with van der Waals surface area (Å²) in [5.74, 6) is -0.464. The molecule has 10 heteroatoms. The van der Waals surface area contributed by atoms with Crippen molar-refractivity contribution >= 4 is 55.2 Å². The van der Waals surface area contributed by atoms with E-state index in [9.17, 15) is 13.2 Å². The van der Waals surface area contributed by atoms with E-state index < -0.39 is 15.9 Å². The van der Waals surface area contributed by atoms with Gasteiger partial charge in [-0.2, -0.15) is 4.99 Å². The van der Waals surface area contributed by atoms with E-state index in [0.29, 0.717) is 33.2 Å². The van der Waals surface area contributed by atoms with Gasteiger partial charge in [0.15, 0.2) is 4.80 Å². The zero-order valence-electron chi connectivity index (χ0n) is 15.4. The van der Waals surface area contributed by atoms with E-state index in [4.69, 9.17) is 21.5 Å². The fraction of sp³-hybridized carbons (Fsp3) is 0.158. The maximum atomic E-state index is 12.4. The third-order valence-corrected chi connectivity index (χ3v) is 6.31. The van der Waals surface area contributed by atoms with Crippen LogP contribution in [0.3, 0.4) is 0 Å². The lowest BCUT2D eigenvalue weighted by molar-refractivity contribution is -0.113. The first-order chi connectivity index (χ1) is 13.8. The third kappa shape index (κ3) is 5.20. The summed E-state index contributed by atoms with van der Waals surface area (Å²) in [5.41, 5.74) is 1.44. The molecule has 0 unspecified atom stereocenters. The molecule has 3 aromatic rings. The molecule has 2 aromatic carbocycles. The Labute approximate surface area is 176 Å². The number of primary sulfonamides is 1. The molecular formula is C19H18ClN3O4S2. The standard InChI is InChI=1S/C19H18ClN3O4S2/c1-27-11-10-23-16-8-7-14(29(21,25)26)12-17(16)28-19(23)22-18(24)9-6-13-4-2-3-5-15(13)20/h2-9,12H,10-11H2,1H3,(H2,21,25,26). The molecule has 0 spiro atoms. The Kier molecular flexibility index (Phi) is 6.66. The average Bonchev–Trinajstić information content (AvgIpc) is 3.01. The molecule has 29 heavy (non-hydrogen) atoms. The first-order valence-electron chi connectivity index (χ1n) is 8.46. The van der Waals surface area contributed by atoms with E-state index in [1.54, 1.807) is 42.0 Å². The second kappa shape index (κ2) is 9.02. The summed E-state index contributed by atoms with van der Waals surface area (Å²) in [6.45, 7) is 0.852. The van der Waals surface area contributed by atoms with Gasteiger partial charge in [0.2, 0.25) is 10.0 Å². The summed E-state index contributed by atoms with van der Waals surface area (Å²) in [7, 11) is -2.26. The summed E-state index contributed by atoms with van der Waals surface area (Å²) >= 11 is 7.28. The van der Waals surface area contributed by atoms with E-state index >= 15 is 0 Å². The van der Waals surface area contributed by atoms with Gasteiger partial charge < -0.3 is 9.30 Å². The molecule has 0 aliphatic rings. The van der Waals surface area contributed by atoms with Crippen LogP contribution in [0.5, 0.6) is 0 Å². The molecule has 0 atom stereocenters. The number of thiazole rings is 1. The van der Waals surface area contributed by atoms with Crippen LogP contribution < -0.4 is 9.94 Å². The van der Waals surface area contributed by atoms with Crippen molar-refractivity contribution < 1.29 is 17.9 Å². The second-order valence-corrected chi connectivity index (χ2v) is 8.99. The Morgan fingerprint density at radius 1 is 1.31 bits per heavy atom. The Balaban J connectivity index is 2.04. The number of nitrogens with two attached hydrogens (primary N) is 1. The van der Waals surface area contributed by atoms with E-state index in [1.807, 2.05) is 6.07 Å². The normalized spacial score (nSPS) is 12.9. The number of hydrogen-bond donors (Lipinski definition) is 1. The van der Waals surface area contributed by atoms with E-state index in [1.165, 1.54) is 29.5 Å². The van der Waals surface area contributed by atoms with Crippen molar-refractivity contribution in [2.75, 3.05) is 13.7 Å². The summed E-state index contributed by atoms with van der Waals surface area (Å²) in [6, 6.07) is 11.7. The van der Waals surface area contributed by atoms with Crippen molar-refractivity contribution in [3.63, 3.8) is 0 Å². The molecule has 0 saturated heterocycles. The van der Waals surface area contributed by atoms with Crippen LogP contribution in [-0.2, 0) is 26.1 Å². The monoisotopic (exact) mass is 451 g/mol. The van der Waals surface area contributed by atoms with Crippen LogP contribution >= 0.6 is 22.9 Å². The fourth-order valence-corrected chi connectivity index (χ4v) is 4.53. The number of hydrogen-bond acceptors (Lipinski definition) is 5. The number of benzene rings is 2. The highest BCUT2D eigenvalue weighted by Gasteiger charge is 2.13. The van der Waals surface area contributed by atoms with Gasteiger partial charge in [0.25, 0.3) is 5.91 Å². The molecule has 3 rings (SSSR count). The number of fused-ring (bicyclic) bond motifs is 1. The van der Waals surface area contributed by atoms with Crippen molar-refractivity contribution in [2.45, 2.75) is 11.4 Å². The first kappa shape index (κ1) is 21.4. The molecule has 0 fully saturated rings. The zero-order valence-corrected chi connectivity index (χ0v) is 17.8. The number of amides is 1. The van der Waals surface area contributed by atoms with Gasteiger partial charge in [-0.3, -0.25) is 4.79 Å². The van der Waals surface area contributed by atoms with Gasteiger partial charge in [-0.15, -0.1) is 0 Å². The van der Waals surface area contributed by atoms with E-state index in [2.05, 4.69) is 4.99 Å². The lowest BCUT2D eigenvalue weighted by Gasteiger charge is -2.04. The minimum absolute atomic E-state index is 0.00151. The molecule has 152 valence electrons. The van der Waals surface area contributed by atoms with Gasteiger partial charge in [0, 0.05) is 24.8 Å². The highest BCUT2D eigenvalue weighted by Crippen LogP contribution is 2.21. The number of ether oxygens (including phenoxy) is 1. The number of methoxy groups -OCH3 is 1. The van der Waals surface area contributed by atoms with Crippen LogP contribution in [0.4, 0.5) is 0 Å². The highest BCUT2D eigenvalue weighted by atomic mass is 35.5. The number of sulfonamides is 1. The van der Waals surface area contributed by atoms with Crippen LogP contribution in [0.25, 0.3) is 16.3 Å². The number of aromatic nitrogens is 1. The summed E-state index contributed by atoms with van der Waals surface area (Å²) < 4.78 is 30.8. The first-order valence-corrected chi connectivity index (χ1v) is 11.2. The summed E-state index contributed by atoms with van der Waals surface area (Å²) in [6.07, 6.45) is 2.93. The van der Waals surface area contributed by atoms with Crippen LogP contribution in [-0.4, -0.2) is 32.6 Å². The second-order valence-electron chi connectivity index (χ2n) is 6.01. The molecule has 1 aromatic heterocycles. The maximum absolute atomic E-state index is 12.4. The molecule has 1 heterocycles. The zero-order chi connectivity index (χ0) is 21.0. The van der Waals surface area contributed by atoms with Gasteiger partial charge in [0.1, 0.15) is 0 Å². The quantitative estimate of drug-likeness (QED) is 0.582. The van der Waals surface area contributed by atoms with Crippen molar-refractivity contribution in [2.24, 2.45) is 10.1 Å². The number of halogens is 1. The molecule has 0 bridgehead atoms. The van der Waals surface area contributed by atoms with Gasteiger partial charge in [-0.25, -0.2) is 13.6 Å². The Bertz CT molecular complexity index is 1260. The average molecular weight is 452 g/mol. The van der Waals surface area contributed by atoms with Crippen LogP contribution in [0.2, 0.25) is 5.02 Å². The smallest absolute Gasteiger partial charge is 0.272 e. The van der Waals surface area contributed by atoms with Gasteiger partial charge in [-0.1, -0.05) is 41.1 Å². The Hall–Kier alpha value is -2.30. The highest BCUT2D eigenvalue weighted by molar-refractivity contribution is 7.89.